The maximum Gasteiger partial charge on any atom is 0.240 e. The SMILES string of the molecule is CC1CC(=O)Nc2cc(S(=O)(=O)NCC3CCN(Cc4ccccc4F)CC3)ccc2S1. The highest BCUT2D eigenvalue weighted by Gasteiger charge is 2.25. The Hall–Kier alpha value is -1.94. The summed E-state index contributed by atoms with van der Waals surface area (Å²) in [6.45, 7) is 4.53. The molecule has 1 fully saturated rings. The van der Waals surface area contributed by atoms with Gasteiger partial charge in [0.25, 0.3) is 0 Å². The Morgan fingerprint density at radius 1 is 1.19 bits per heavy atom. The molecule has 0 bridgehead atoms. The van der Waals surface area contributed by atoms with Gasteiger partial charge >= 0.3 is 0 Å². The molecular weight excluding hydrogens is 449 g/mol. The third-order valence-electron chi connectivity index (χ3n) is 5.96. The van der Waals surface area contributed by atoms with Crippen LogP contribution >= 0.6 is 11.8 Å². The molecule has 6 nitrogen and oxygen atoms in total. The van der Waals surface area contributed by atoms with Crippen molar-refractivity contribution in [3.05, 3.63) is 53.8 Å². The first kappa shape index (κ1) is 23.2. The second kappa shape index (κ2) is 9.91. The number of piperidine rings is 1. The number of nitrogens with one attached hydrogen (secondary N) is 2. The standard InChI is InChI=1S/C23H28FN3O3S2/c1-16-12-23(28)26-21-13-19(6-7-22(21)31-16)32(29,30)25-14-17-8-10-27(11-9-17)15-18-4-2-3-5-20(18)24/h2-7,13,16-17,25H,8-12,14-15H2,1H3,(H,26,28). The number of anilines is 1. The maximum absolute atomic E-state index is 13.9. The third kappa shape index (κ3) is 5.70. The molecule has 9 heteroatoms. The number of rotatable bonds is 6. The summed E-state index contributed by atoms with van der Waals surface area (Å²) >= 11 is 1.57. The van der Waals surface area contributed by atoms with Crippen molar-refractivity contribution in [3.8, 4) is 0 Å². The van der Waals surface area contributed by atoms with Crippen LogP contribution in [-0.2, 0) is 21.4 Å². The van der Waals surface area contributed by atoms with E-state index in [1.165, 1.54) is 12.1 Å². The number of sulfonamides is 1. The number of likely N-dealkylation sites (tertiary alicyclic amines) is 1. The lowest BCUT2D eigenvalue weighted by molar-refractivity contribution is -0.116. The Labute approximate surface area is 193 Å². The largest absolute Gasteiger partial charge is 0.325 e. The first-order chi connectivity index (χ1) is 15.3. The highest BCUT2D eigenvalue weighted by Crippen LogP contribution is 2.36. The molecule has 172 valence electrons. The fourth-order valence-electron chi connectivity index (χ4n) is 4.12. The Morgan fingerprint density at radius 3 is 2.69 bits per heavy atom. The molecule has 0 saturated carbocycles. The molecule has 1 amide bonds. The minimum atomic E-state index is -3.68. The molecule has 2 aromatic rings. The van der Waals surface area contributed by atoms with Gasteiger partial charge < -0.3 is 5.32 Å². The number of thioether (sulfide) groups is 1. The number of fused-ring (bicyclic) bond motifs is 1. The highest BCUT2D eigenvalue weighted by atomic mass is 32.2. The van der Waals surface area contributed by atoms with Crippen LogP contribution in [0.3, 0.4) is 0 Å². The van der Waals surface area contributed by atoms with E-state index < -0.39 is 10.0 Å². The minimum absolute atomic E-state index is 0.103. The summed E-state index contributed by atoms with van der Waals surface area (Å²) in [6.07, 6.45) is 2.10. The number of benzene rings is 2. The molecule has 0 aliphatic carbocycles. The summed E-state index contributed by atoms with van der Waals surface area (Å²) in [6, 6.07) is 11.7. The summed E-state index contributed by atoms with van der Waals surface area (Å²) in [5.74, 6) is -0.0563. The van der Waals surface area contributed by atoms with Crippen molar-refractivity contribution in [1.82, 2.24) is 9.62 Å². The summed E-state index contributed by atoms with van der Waals surface area (Å²) in [5, 5.41) is 2.96. The van der Waals surface area contributed by atoms with E-state index in [1.54, 1.807) is 36.0 Å². The van der Waals surface area contributed by atoms with Crippen LogP contribution in [0.1, 0.15) is 31.7 Å². The van der Waals surface area contributed by atoms with Gasteiger partial charge in [0.2, 0.25) is 15.9 Å². The van der Waals surface area contributed by atoms with E-state index >= 15 is 0 Å². The van der Waals surface area contributed by atoms with E-state index in [4.69, 9.17) is 0 Å². The molecule has 2 aliphatic rings. The molecule has 2 aromatic carbocycles. The Morgan fingerprint density at radius 2 is 1.94 bits per heavy atom. The van der Waals surface area contributed by atoms with Crippen molar-refractivity contribution in [2.24, 2.45) is 5.92 Å². The van der Waals surface area contributed by atoms with Crippen molar-refractivity contribution >= 4 is 33.4 Å². The Kier molecular flexibility index (Phi) is 7.19. The zero-order valence-electron chi connectivity index (χ0n) is 18.0. The number of hydrogen-bond donors (Lipinski definition) is 2. The van der Waals surface area contributed by atoms with Crippen molar-refractivity contribution in [2.75, 3.05) is 25.0 Å². The highest BCUT2D eigenvalue weighted by molar-refractivity contribution is 8.00. The van der Waals surface area contributed by atoms with Crippen LogP contribution in [-0.4, -0.2) is 44.1 Å². The molecule has 0 aromatic heterocycles. The Bertz CT molecular complexity index is 1090. The van der Waals surface area contributed by atoms with Gasteiger partial charge in [0, 0.05) is 35.2 Å². The number of nitrogens with zero attached hydrogens (tertiary/aromatic N) is 1. The van der Waals surface area contributed by atoms with Gasteiger partial charge in [-0.1, -0.05) is 25.1 Å². The third-order valence-corrected chi connectivity index (χ3v) is 8.56. The zero-order chi connectivity index (χ0) is 22.7. The van der Waals surface area contributed by atoms with Gasteiger partial charge in [-0.15, -0.1) is 11.8 Å². The molecule has 1 atom stereocenters. The summed E-state index contributed by atoms with van der Waals surface area (Å²) in [7, 11) is -3.68. The van der Waals surface area contributed by atoms with E-state index in [-0.39, 0.29) is 27.8 Å². The van der Waals surface area contributed by atoms with Gasteiger partial charge in [0.1, 0.15) is 5.82 Å². The van der Waals surface area contributed by atoms with Crippen LogP contribution in [0, 0.1) is 11.7 Å². The summed E-state index contributed by atoms with van der Waals surface area (Å²) < 4.78 is 42.3. The lowest BCUT2D eigenvalue weighted by Crippen LogP contribution is -2.38. The van der Waals surface area contributed by atoms with Crippen LogP contribution in [0.25, 0.3) is 0 Å². The van der Waals surface area contributed by atoms with Crippen molar-refractivity contribution < 1.29 is 17.6 Å². The predicted octanol–water partition coefficient (Wildman–Crippen LogP) is 3.84. The van der Waals surface area contributed by atoms with Crippen molar-refractivity contribution in [1.29, 1.82) is 0 Å². The number of halogens is 1. The normalized spacial score (nSPS) is 20.4. The van der Waals surface area contributed by atoms with Crippen molar-refractivity contribution in [3.63, 3.8) is 0 Å². The van der Waals surface area contributed by atoms with Crippen LogP contribution in [0.2, 0.25) is 0 Å². The molecule has 2 heterocycles. The topological polar surface area (TPSA) is 78.5 Å². The first-order valence-electron chi connectivity index (χ1n) is 10.9. The van der Waals surface area contributed by atoms with E-state index in [9.17, 15) is 17.6 Å². The maximum atomic E-state index is 13.9. The molecule has 2 aliphatic heterocycles. The molecule has 0 spiro atoms. The van der Waals surface area contributed by atoms with Crippen LogP contribution < -0.4 is 10.0 Å². The smallest absolute Gasteiger partial charge is 0.240 e. The second-order valence-corrected chi connectivity index (χ2v) is 11.7. The molecule has 1 unspecified atom stereocenters. The van der Waals surface area contributed by atoms with E-state index in [0.29, 0.717) is 30.8 Å². The minimum Gasteiger partial charge on any atom is -0.325 e. The summed E-state index contributed by atoms with van der Waals surface area (Å²) in [5.41, 5.74) is 1.24. The van der Waals surface area contributed by atoms with Crippen molar-refractivity contribution in [2.45, 2.75) is 47.8 Å². The lowest BCUT2D eigenvalue weighted by Gasteiger charge is -2.32. The quantitative estimate of drug-likeness (QED) is 0.661. The molecule has 4 rings (SSSR count). The van der Waals surface area contributed by atoms with E-state index in [0.717, 1.165) is 30.8 Å². The summed E-state index contributed by atoms with van der Waals surface area (Å²) in [4.78, 5) is 15.2. The Balaban J connectivity index is 1.32. The first-order valence-corrected chi connectivity index (χ1v) is 13.2. The average molecular weight is 478 g/mol. The fraction of sp³-hybridized carbons (Fsp3) is 0.435. The van der Waals surface area contributed by atoms with E-state index in [1.807, 2.05) is 13.0 Å². The number of amides is 1. The van der Waals surface area contributed by atoms with Gasteiger partial charge in [-0.25, -0.2) is 17.5 Å². The molecule has 2 N–H and O–H groups in total. The van der Waals surface area contributed by atoms with Crippen LogP contribution in [0.15, 0.2) is 52.3 Å². The van der Waals surface area contributed by atoms with Gasteiger partial charge in [0.15, 0.2) is 0 Å². The zero-order valence-corrected chi connectivity index (χ0v) is 19.6. The second-order valence-electron chi connectivity index (χ2n) is 8.50. The number of hydrogen-bond acceptors (Lipinski definition) is 5. The average Bonchev–Trinajstić information content (AvgIpc) is 2.90. The predicted molar refractivity (Wildman–Crippen MR) is 125 cm³/mol. The van der Waals surface area contributed by atoms with Gasteiger partial charge in [0.05, 0.1) is 10.6 Å². The number of carbonyl (C=O) groups is 1. The van der Waals surface area contributed by atoms with Gasteiger partial charge in [-0.05, 0) is 56.1 Å². The van der Waals surface area contributed by atoms with Gasteiger partial charge in [-0.2, -0.15) is 0 Å². The molecular formula is C23H28FN3O3S2. The van der Waals surface area contributed by atoms with Crippen LogP contribution in [0.4, 0.5) is 10.1 Å². The lowest BCUT2D eigenvalue weighted by atomic mass is 9.97. The number of carbonyl (C=O) groups excluding carboxylic acids is 1. The fourth-order valence-corrected chi connectivity index (χ4v) is 6.32. The molecule has 32 heavy (non-hydrogen) atoms. The van der Waals surface area contributed by atoms with Gasteiger partial charge in [-0.3, -0.25) is 9.69 Å². The molecule has 0 radical (unpaired) electrons. The van der Waals surface area contributed by atoms with Crippen LogP contribution in [0.5, 0.6) is 0 Å². The molecule has 1 saturated heterocycles. The van der Waals surface area contributed by atoms with E-state index in [2.05, 4.69) is 14.9 Å². The monoisotopic (exact) mass is 477 g/mol.